The molecule has 1 aliphatic heterocycles. The first kappa shape index (κ1) is 15.1. The summed E-state index contributed by atoms with van der Waals surface area (Å²) in [7, 11) is 1.74. The SMILES string of the molecule is CNCC(O)c1cc2c(cc1C(C)(C)F)OCCCO2. The van der Waals surface area contributed by atoms with E-state index < -0.39 is 11.8 Å². The number of nitrogens with one attached hydrogen (secondary N) is 1. The highest BCUT2D eigenvalue weighted by molar-refractivity contribution is 5.50. The number of ether oxygens (including phenoxy) is 2. The molecular weight excluding hydrogens is 261 g/mol. The normalized spacial score (nSPS) is 16.6. The summed E-state index contributed by atoms with van der Waals surface area (Å²) in [5, 5.41) is 13.1. The molecular formula is C15H22FNO3. The van der Waals surface area contributed by atoms with Crippen molar-refractivity contribution in [2.24, 2.45) is 0 Å². The van der Waals surface area contributed by atoms with E-state index in [-0.39, 0.29) is 0 Å². The quantitative estimate of drug-likeness (QED) is 0.890. The van der Waals surface area contributed by atoms with Crippen LogP contribution in [0, 0.1) is 0 Å². The fraction of sp³-hybridized carbons (Fsp3) is 0.600. The van der Waals surface area contributed by atoms with Crippen LogP contribution in [-0.2, 0) is 5.67 Å². The molecule has 112 valence electrons. The molecule has 0 aliphatic carbocycles. The second-order valence-electron chi connectivity index (χ2n) is 5.48. The van der Waals surface area contributed by atoms with Crippen LogP contribution >= 0.6 is 0 Å². The van der Waals surface area contributed by atoms with E-state index >= 15 is 0 Å². The van der Waals surface area contributed by atoms with Gasteiger partial charge in [-0.2, -0.15) is 0 Å². The summed E-state index contributed by atoms with van der Waals surface area (Å²) in [5.41, 5.74) is -0.588. The molecule has 1 aromatic carbocycles. The number of benzene rings is 1. The maximum absolute atomic E-state index is 14.4. The van der Waals surface area contributed by atoms with Gasteiger partial charge < -0.3 is 19.9 Å². The molecule has 0 radical (unpaired) electrons. The predicted molar refractivity (Wildman–Crippen MR) is 75.1 cm³/mol. The molecule has 0 amide bonds. The molecule has 1 atom stereocenters. The minimum absolute atomic E-state index is 0.350. The van der Waals surface area contributed by atoms with Crippen molar-refractivity contribution in [2.75, 3.05) is 26.8 Å². The lowest BCUT2D eigenvalue weighted by Crippen LogP contribution is -2.21. The van der Waals surface area contributed by atoms with Crippen LogP contribution in [0.15, 0.2) is 12.1 Å². The Morgan fingerprint density at radius 1 is 1.30 bits per heavy atom. The Hall–Kier alpha value is -1.33. The van der Waals surface area contributed by atoms with Gasteiger partial charge in [-0.15, -0.1) is 0 Å². The molecule has 0 fully saturated rings. The zero-order chi connectivity index (χ0) is 14.8. The molecule has 0 bridgehead atoms. The Balaban J connectivity index is 2.49. The third-order valence-corrected chi connectivity index (χ3v) is 3.32. The van der Waals surface area contributed by atoms with Crippen molar-refractivity contribution in [3.8, 4) is 11.5 Å². The Morgan fingerprint density at radius 3 is 2.45 bits per heavy atom. The fourth-order valence-corrected chi connectivity index (χ4v) is 2.32. The summed E-state index contributed by atoms with van der Waals surface area (Å²) in [6.45, 7) is 4.41. The first-order valence-corrected chi connectivity index (χ1v) is 6.89. The third kappa shape index (κ3) is 3.22. The number of hydrogen-bond donors (Lipinski definition) is 2. The number of likely N-dealkylation sites (N-methyl/N-ethyl adjacent to an activating group) is 1. The number of aliphatic hydroxyl groups is 1. The maximum atomic E-state index is 14.4. The minimum Gasteiger partial charge on any atom is -0.490 e. The van der Waals surface area contributed by atoms with Gasteiger partial charge in [0.2, 0.25) is 0 Å². The molecule has 0 saturated heterocycles. The van der Waals surface area contributed by atoms with E-state index in [0.717, 1.165) is 6.42 Å². The van der Waals surface area contributed by atoms with E-state index in [9.17, 15) is 9.50 Å². The molecule has 4 nitrogen and oxygen atoms in total. The van der Waals surface area contributed by atoms with Gasteiger partial charge in [-0.3, -0.25) is 0 Å². The second kappa shape index (κ2) is 5.97. The Morgan fingerprint density at radius 2 is 1.90 bits per heavy atom. The zero-order valence-corrected chi connectivity index (χ0v) is 12.2. The number of fused-ring (bicyclic) bond motifs is 1. The monoisotopic (exact) mass is 283 g/mol. The Labute approximate surface area is 118 Å². The Bertz CT molecular complexity index is 471. The van der Waals surface area contributed by atoms with E-state index in [1.54, 1.807) is 19.2 Å². The van der Waals surface area contributed by atoms with Crippen molar-refractivity contribution in [3.63, 3.8) is 0 Å². The van der Waals surface area contributed by atoms with Crippen LogP contribution in [0.5, 0.6) is 11.5 Å². The largest absolute Gasteiger partial charge is 0.490 e. The highest BCUT2D eigenvalue weighted by Gasteiger charge is 2.28. The van der Waals surface area contributed by atoms with Crippen molar-refractivity contribution < 1.29 is 19.0 Å². The molecule has 0 saturated carbocycles. The van der Waals surface area contributed by atoms with Gasteiger partial charge in [0, 0.05) is 13.0 Å². The van der Waals surface area contributed by atoms with E-state index in [2.05, 4.69) is 5.32 Å². The van der Waals surface area contributed by atoms with Crippen LogP contribution in [-0.4, -0.2) is 31.9 Å². The molecule has 1 unspecified atom stereocenters. The van der Waals surface area contributed by atoms with E-state index in [0.29, 0.717) is 42.4 Å². The molecule has 0 aromatic heterocycles. The van der Waals surface area contributed by atoms with Crippen LogP contribution < -0.4 is 14.8 Å². The number of hydrogen-bond acceptors (Lipinski definition) is 4. The van der Waals surface area contributed by atoms with Crippen molar-refractivity contribution in [2.45, 2.75) is 32.0 Å². The van der Waals surface area contributed by atoms with Gasteiger partial charge in [-0.25, -0.2) is 4.39 Å². The molecule has 0 spiro atoms. The summed E-state index contributed by atoms with van der Waals surface area (Å²) in [6.07, 6.45) is -0.000529. The van der Waals surface area contributed by atoms with Crippen LogP contribution in [0.3, 0.4) is 0 Å². The van der Waals surface area contributed by atoms with Gasteiger partial charge in [0.25, 0.3) is 0 Å². The molecule has 1 heterocycles. The van der Waals surface area contributed by atoms with Crippen molar-refractivity contribution >= 4 is 0 Å². The third-order valence-electron chi connectivity index (χ3n) is 3.32. The van der Waals surface area contributed by atoms with Gasteiger partial charge in [0.05, 0.1) is 19.3 Å². The van der Waals surface area contributed by atoms with Crippen LogP contribution in [0.4, 0.5) is 4.39 Å². The number of rotatable bonds is 4. The first-order valence-electron chi connectivity index (χ1n) is 6.89. The van der Waals surface area contributed by atoms with Crippen molar-refractivity contribution in [3.05, 3.63) is 23.3 Å². The molecule has 1 aliphatic rings. The lowest BCUT2D eigenvalue weighted by atomic mass is 9.91. The average Bonchev–Trinajstić information content (AvgIpc) is 2.60. The van der Waals surface area contributed by atoms with E-state index in [1.807, 2.05) is 0 Å². The van der Waals surface area contributed by atoms with Gasteiger partial charge in [0.1, 0.15) is 5.67 Å². The van der Waals surface area contributed by atoms with Gasteiger partial charge in [-0.1, -0.05) is 0 Å². The van der Waals surface area contributed by atoms with Gasteiger partial charge in [-0.05, 0) is 44.2 Å². The van der Waals surface area contributed by atoms with E-state index in [1.165, 1.54) is 13.8 Å². The molecule has 5 heteroatoms. The van der Waals surface area contributed by atoms with Crippen LogP contribution in [0.25, 0.3) is 0 Å². The zero-order valence-electron chi connectivity index (χ0n) is 12.2. The molecule has 20 heavy (non-hydrogen) atoms. The fourth-order valence-electron chi connectivity index (χ4n) is 2.32. The average molecular weight is 283 g/mol. The first-order chi connectivity index (χ1) is 9.43. The minimum atomic E-state index is -1.56. The second-order valence-corrected chi connectivity index (χ2v) is 5.48. The topological polar surface area (TPSA) is 50.7 Å². The van der Waals surface area contributed by atoms with Crippen LogP contribution in [0.1, 0.15) is 37.5 Å². The van der Waals surface area contributed by atoms with Gasteiger partial charge in [0.15, 0.2) is 11.5 Å². The Kier molecular flexibility index (Phi) is 4.50. The maximum Gasteiger partial charge on any atom is 0.161 e. The highest BCUT2D eigenvalue weighted by atomic mass is 19.1. The molecule has 2 rings (SSSR count). The summed E-state index contributed by atoms with van der Waals surface area (Å²) < 4.78 is 25.6. The van der Waals surface area contributed by atoms with Crippen molar-refractivity contribution in [1.29, 1.82) is 0 Å². The lowest BCUT2D eigenvalue weighted by Gasteiger charge is -2.24. The number of aliphatic hydroxyl groups excluding tert-OH is 1. The molecule has 2 N–H and O–H groups in total. The summed E-state index contributed by atoms with van der Waals surface area (Å²) in [4.78, 5) is 0. The summed E-state index contributed by atoms with van der Waals surface area (Å²) >= 11 is 0. The smallest absolute Gasteiger partial charge is 0.161 e. The summed E-state index contributed by atoms with van der Waals surface area (Å²) in [5.74, 6) is 1.12. The van der Waals surface area contributed by atoms with E-state index in [4.69, 9.17) is 9.47 Å². The predicted octanol–water partition coefficient (Wildman–Crippen LogP) is 2.31. The number of alkyl halides is 1. The molecule has 1 aromatic rings. The van der Waals surface area contributed by atoms with Crippen molar-refractivity contribution in [1.82, 2.24) is 5.32 Å². The standard InChI is InChI=1S/C15H22FNO3/c1-15(2,16)11-8-14-13(19-5-4-6-20-14)7-10(11)12(18)9-17-3/h7-8,12,17-18H,4-6,9H2,1-3H3. The summed E-state index contributed by atoms with van der Waals surface area (Å²) in [6, 6.07) is 3.34. The van der Waals surface area contributed by atoms with Gasteiger partial charge >= 0.3 is 0 Å². The highest BCUT2D eigenvalue weighted by Crippen LogP contribution is 2.40. The lowest BCUT2D eigenvalue weighted by molar-refractivity contribution is 0.163. The number of halogens is 1. The van der Waals surface area contributed by atoms with Crippen LogP contribution in [0.2, 0.25) is 0 Å².